The fourth-order valence-electron chi connectivity index (χ4n) is 1.29. The molecule has 0 aliphatic rings. The first-order valence-electron chi connectivity index (χ1n) is 4.50. The van der Waals surface area contributed by atoms with Gasteiger partial charge in [-0.2, -0.15) is 4.73 Å². The molecule has 0 fully saturated rings. The zero-order valence-electron chi connectivity index (χ0n) is 8.25. The quantitative estimate of drug-likeness (QED) is 0.546. The monoisotopic (exact) mass is 202 g/mol. The maximum Gasteiger partial charge on any atom is 0.281 e. The van der Waals surface area contributed by atoms with Gasteiger partial charge in [0.25, 0.3) is 5.88 Å². The second kappa shape index (κ2) is 3.96. The van der Waals surface area contributed by atoms with Gasteiger partial charge in [0.1, 0.15) is 5.69 Å². The minimum Gasteiger partial charge on any atom is -0.618 e. The summed E-state index contributed by atoms with van der Waals surface area (Å²) in [6.07, 6.45) is 2.70. The van der Waals surface area contributed by atoms with E-state index in [4.69, 9.17) is 4.74 Å². The van der Waals surface area contributed by atoms with E-state index >= 15 is 0 Å². The van der Waals surface area contributed by atoms with E-state index in [1.807, 2.05) is 30.3 Å². The molecule has 0 radical (unpaired) electrons. The SMILES string of the molecule is COc1c[n+]([O-])cc(-c2ccccc2)n1. The first-order chi connectivity index (χ1) is 7.29. The number of hydrogen-bond donors (Lipinski definition) is 0. The third-order valence-electron chi connectivity index (χ3n) is 2.00. The largest absolute Gasteiger partial charge is 0.618 e. The summed E-state index contributed by atoms with van der Waals surface area (Å²) in [7, 11) is 1.48. The first kappa shape index (κ1) is 9.45. The minimum absolute atomic E-state index is 0.311. The highest BCUT2D eigenvalue weighted by Crippen LogP contribution is 2.16. The van der Waals surface area contributed by atoms with Gasteiger partial charge in [-0.1, -0.05) is 30.3 Å². The lowest BCUT2D eigenvalue weighted by molar-refractivity contribution is -0.605. The van der Waals surface area contributed by atoms with Gasteiger partial charge in [-0.05, 0) is 0 Å². The van der Waals surface area contributed by atoms with Crippen LogP contribution in [0, 0.1) is 5.21 Å². The number of nitrogens with zero attached hydrogens (tertiary/aromatic N) is 2. The molecule has 0 atom stereocenters. The molecule has 4 nitrogen and oxygen atoms in total. The minimum atomic E-state index is 0.311. The van der Waals surface area contributed by atoms with E-state index in [9.17, 15) is 5.21 Å². The standard InChI is InChI=1S/C11H10N2O2/c1-15-11-8-13(14)7-10(12-11)9-5-3-2-4-6-9/h2-8H,1H3. The van der Waals surface area contributed by atoms with Crippen LogP contribution in [-0.2, 0) is 0 Å². The molecule has 0 saturated heterocycles. The zero-order valence-corrected chi connectivity index (χ0v) is 8.25. The van der Waals surface area contributed by atoms with E-state index in [0.717, 1.165) is 5.56 Å². The van der Waals surface area contributed by atoms with Crippen molar-refractivity contribution in [3.63, 3.8) is 0 Å². The number of benzene rings is 1. The Morgan fingerprint density at radius 2 is 1.93 bits per heavy atom. The van der Waals surface area contributed by atoms with E-state index in [-0.39, 0.29) is 0 Å². The Labute approximate surface area is 87.4 Å². The lowest BCUT2D eigenvalue weighted by atomic mass is 10.2. The van der Waals surface area contributed by atoms with Gasteiger partial charge >= 0.3 is 0 Å². The van der Waals surface area contributed by atoms with Crippen molar-refractivity contribution in [2.75, 3.05) is 7.11 Å². The summed E-state index contributed by atoms with van der Waals surface area (Å²) in [5.74, 6) is 0.311. The number of rotatable bonds is 2. The third kappa shape index (κ3) is 2.04. The van der Waals surface area contributed by atoms with E-state index < -0.39 is 0 Å². The van der Waals surface area contributed by atoms with E-state index in [1.165, 1.54) is 19.5 Å². The molecule has 0 amide bonds. The maximum absolute atomic E-state index is 11.2. The van der Waals surface area contributed by atoms with Gasteiger partial charge < -0.3 is 9.94 Å². The van der Waals surface area contributed by atoms with Crippen LogP contribution in [0.2, 0.25) is 0 Å². The molecule has 0 bridgehead atoms. The lowest BCUT2D eigenvalue weighted by Crippen LogP contribution is -2.25. The predicted molar refractivity (Wildman–Crippen MR) is 55.2 cm³/mol. The van der Waals surface area contributed by atoms with Crippen LogP contribution >= 0.6 is 0 Å². The van der Waals surface area contributed by atoms with E-state index in [1.54, 1.807) is 0 Å². The Bertz CT molecular complexity index is 457. The molecule has 76 valence electrons. The number of ether oxygens (including phenoxy) is 1. The van der Waals surface area contributed by atoms with Crippen molar-refractivity contribution >= 4 is 0 Å². The highest BCUT2D eigenvalue weighted by molar-refractivity contribution is 5.57. The molecule has 0 aliphatic heterocycles. The molecule has 0 N–H and O–H groups in total. The smallest absolute Gasteiger partial charge is 0.281 e. The van der Waals surface area contributed by atoms with Crippen molar-refractivity contribution in [1.82, 2.24) is 4.98 Å². The molecule has 0 spiro atoms. The molecule has 1 heterocycles. The topological polar surface area (TPSA) is 49.1 Å². The summed E-state index contributed by atoms with van der Waals surface area (Å²) in [4.78, 5) is 4.18. The molecular weight excluding hydrogens is 192 g/mol. The van der Waals surface area contributed by atoms with Gasteiger partial charge in [0.2, 0.25) is 12.4 Å². The third-order valence-corrected chi connectivity index (χ3v) is 2.00. The second-order valence-corrected chi connectivity index (χ2v) is 3.02. The van der Waals surface area contributed by atoms with Crippen LogP contribution in [0.15, 0.2) is 42.7 Å². The first-order valence-corrected chi connectivity index (χ1v) is 4.50. The zero-order chi connectivity index (χ0) is 10.7. The summed E-state index contributed by atoms with van der Waals surface area (Å²) in [5, 5.41) is 11.2. The van der Waals surface area contributed by atoms with Gasteiger partial charge in [0, 0.05) is 5.56 Å². The van der Waals surface area contributed by atoms with Crippen LogP contribution in [-0.4, -0.2) is 12.1 Å². The highest BCUT2D eigenvalue weighted by Gasteiger charge is 2.06. The number of methoxy groups -OCH3 is 1. The molecule has 2 aromatic rings. The molecule has 4 heteroatoms. The van der Waals surface area contributed by atoms with Crippen molar-refractivity contribution in [1.29, 1.82) is 0 Å². The fourth-order valence-corrected chi connectivity index (χ4v) is 1.29. The summed E-state index contributed by atoms with van der Waals surface area (Å²) in [6, 6.07) is 9.48. The molecule has 0 saturated carbocycles. The van der Waals surface area contributed by atoms with Crippen LogP contribution in [0.4, 0.5) is 0 Å². The Kier molecular flexibility index (Phi) is 2.49. The highest BCUT2D eigenvalue weighted by atomic mass is 16.5. The van der Waals surface area contributed by atoms with Crippen LogP contribution in [0.5, 0.6) is 5.88 Å². The summed E-state index contributed by atoms with van der Waals surface area (Å²) in [6.45, 7) is 0. The van der Waals surface area contributed by atoms with Crippen LogP contribution in [0.1, 0.15) is 0 Å². The van der Waals surface area contributed by atoms with Gasteiger partial charge in [-0.25, -0.2) is 4.98 Å². The van der Waals surface area contributed by atoms with Crippen molar-refractivity contribution in [2.45, 2.75) is 0 Å². The van der Waals surface area contributed by atoms with E-state index in [2.05, 4.69) is 4.98 Å². The van der Waals surface area contributed by atoms with E-state index in [0.29, 0.717) is 16.3 Å². The van der Waals surface area contributed by atoms with Crippen molar-refractivity contribution < 1.29 is 9.47 Å². The van der Waals surface area contributed by atoms with Crippen molar-refractivity contribution in [3.8, 4) is 17.1 Å². The number of hydrogen-bond acceptors (Lipinski definition) is 3. The van der Waals surface area contributed by atoms with Gasteiger partial charge in [-0.15, -0.1) is 0 Å². The Morgan fingerprint density at radius 3 is 2.60 bits per heavy atom. The molecule has 2 rings (SSSR count). The summed E-state index contributed by atoms with van der Waals surface area (Å²) >= 11 is 0. The Balaban J connectivity index is 2.49. The predicted octanol–water partition coefficient (Wildman–Crippen LogP) is 1.39. The average Bonchev–Trinajstić information content (AvgIpc) is 2.29. The summed E-state index contributed by atoms with van der Waals surface area (Å²) < 4.78 is 5.61. The molecule has 0 unspecified atom stereocenters. The Hall–Kier alpha value is -2.10. The van der Waals surface area contributed by atoms with Gasteiger partial charge in [0.15, 0.2) is 0 Å². The molecule has 0 aliphatic carbocycles. The maximum atomic E-state index is 11.2. The Morgan fingerprint density at radius 1 is 1.20 bits per heavy atom. The second-order valence-electron chi connectivity index (χ2n) is 3.02. The van der Waals surface area contributed by atoms with Gasteiger partial charge in [-0.3, -0.25) is 0 Å². The van der Waals surface area contributed by atoms with Crippen molar-refractivity contribution in [2.24, 2.45) is 0 Å². The number of aromatic nitrogens is 2. The van der Waals surface area contributed by atoms with Crippen LogP contribution in [0.25, 0.3) is 11.3 Å². The van der Waals surface area contributed by atoms with Crippen LogP contribution in [0.3, 0.4) is 0 Å². The molecule has 15 heavy (non-hydrogen) atoms. The average molecular weight is 202 g/mol. The van der Waals surface area contributed by atoms with Gasteiger partial charge in [0.05, 0.1) is 7.11 Å². The van der Waals surface area contributed by atoms with Crippen molar-refractivity contribution in [3.05, 3.63) is 47.9 Å². The fraction of sp³-hybridized carbons (Fsp3) is 0.0909. The molecule has 1 aromatic carbocycles. The normalized spacial score (nSPS) is 9.93. The lowest BCUT2D eigenvalue weighted by Gasteiger charge is -2.03. The molecular formula is C11H10N2O2. The summed E-state index contributed by atoms with van der Waals surface area (Å²) in [5.41, 5.74) is 1.49. The van der Waals surface area contributed by atoms with Crippen LogP contribution < -0.4 is 9.47 Å². The molecule has 1 aromatic heterocycles.